The van der Waals surface area contributed by atoms with Crippen molar-refractivity contribution in [3.63, 3.8) is 0 Å². The zero-order valence-electron chi connectivity index (χ0n) is 9.66. The lowest BCUT2D eigenvalue weighted by atomic mass is 10.2. The van der Waals surface area contributed by atoms with E-state index in [4.69, 9.17) is 5.11 Å². The quantitative estimate of drug-likeness (QED) is 0.667. The first-order valence-corrected chi connectivity index (χ1v) is 5.00. The normalized spacial score (nSPS) is 13.0. The molecule has 0 heterocycles. The van der Waals surface area contributed by atoms with Crippen molar-refractivity contribution in [2.24, 2.45) is 0 Å². The van der Waals surface area contributed by atoms with E-state index in [1.54, 1.807) is 25.9 Å². The molecule has 0 saturated carbocycles. The number of amides is 1. The van der Waals surface area contributed by atoms with Crippen molar-refractivity contribution in [1.82, 2.24) is 9.80 Å². The summed E-state index contributed by atoms with van der Waals surface area (Å²) < 4.78 is 0. The van der Waals surface area contributed by atoms with E-state index in [1.165, 1.54) is 0 Å². The number of carbonyl (C=O) groups is 1. The van der Waals surface area contributed by atoms with Gasteiger partial charge in [0.05, 0.1) is 6.10 Å². The van der Waals surface area contributed by atoms with Gasteiger partial charge in [-0.25, -0.2) is 0 Å². The zero-order valence-corrected chi connectivity index (χ0v) is 9.66. The fraction of sp³-hybridized carbons (Fsp3) is 0.900. The molecule has 0 saturated heterocycles. The molecule has 0 rings (SSSR count). The van der Waals surface area contributed by atoms with Gasteiger partial charge in [0, 0.05) is 33.6 Å². The summed E-state index contributed by atoms with van der Waals surface area (Å²) in [6.45, 7) is 3.36. The number of carbonyl (C=O) groups excluding carboxylic acids is 1. The Bertz CT molecular complexity index is 170. The van der Waals surface area contributed by atoms with Gasteiger partial charge in [-0.2, -0.15) is 0 Å². The molecule has 0 aliphatic heterocycles. The van der Waals surface area contributed by atoms with Crippen molar-refractivity contribution in [2.75, 3.05) is 34.2 Å². The van der Waals surface area contributed by atoms with Crippen molar-refractivity contribution in [3.05, 3.63) is 0 Å². The Morgan fingerprint density at radius 2 is 1.86 bits per heavy atom. The summed E-state index contributed by atoms with van der Waals surface area (Å²) in [6.07, 6.45) is 1.04. The largest absolute Gasteiger partial charge is 0.393 e. The van der Waals surface area contributed by atoms with Crippen molar-refractivity contribution >= 4 is 5.91 Å². The Morgan fingerprint density at radius 3 is 2.29 bits per heavy atom. The van der Waals surface area contributed by atoms with Crippen LogP contribution >= 0.6 is 0 Å². The second-order valence-corrected chi connectivity index (χ2v) is 3.98. The van der Waals surface area contributed by atoms with E-state index >= 15 is 0 Å². The lowest BCUT2D eigenvalue weighted by Crippen LogP contribution is -2.29. The molecule has 4 nitrogen and oxygen atoms in total. The van der Waals surface area contributed by atoms with Crippen LogP contribution in [-0.2, 0) is 4.79 Å². The van der Waals surface area contributed by atoms with Crippen molar-refractivity contribution < 1.29 is 9.90 Å². The smallest absolute Gasteiger partial charge is 0.223 e. The maximum atomic E-state index is 11.2. The van der Waals surface area contributed by atoms with Crippen LogP contribution in [-0.4, -0.2) is 61.2 Å². The average Bonchev–Trinajstić information content (AvgIpc) is 2.10. The maximum absolute atomic E-state index is 11.2. The topological polar surface area (TPSA) is 43.8 Å². The number of aliphatic hydroxyl groups is 1. The fourth-order valence-corrected chi connectivity index (χ4v) is 1.03. The Hall–Kier alpha value is -0.610. The fourth-order valence-electron chi connectivity index (χ4n) is 1.03. The molecule has 0 aromatic heterocycles. The molecule has 0 aliphatic carbocycles. The van der Waals surface area contributed by atoms with Gasteiger partial charge in [0.1, 0.15) is 0 Å². The van der Waals surface area contributed by atoms with Crippen LogP contribution in [0.15, 0.2) is 0 Å². The predicted octanol–water partition coefficient (Wildman–Crippen LogP) is 0.167. The van der Waals surface area contributed by atoms with Gasteiger partial charge in [0.2, 0.25) is 5.91 Å². The highest BCUT2D eigenvalue weighted by molar-refractivity contribution is 5.75. The minimum absolute atomic E-state index is 0.147. The molecule has 0 aliphatic rings. The van der Waals surface area contributed by atoms with Crippen LogP contribution in [0.1, 0.15) is 19.8 Å². The van der Waals surface area contributed by atoms with Crippen LogP contribution in [0.25, 0.3) is 0 Å². The summed E-state index contributed by atoms with van der Waals surface area (Å²) >= 11 is 0. The van der Waals surface area contributed by atoms with Crippen LogP contribution < -0.4 is 0 Å². The lowest BCUT2D eigenvalue weighted by Gasteiger charge is -2.18. The summed E-state index contributed by atoms with van der Waals surface area (Å²) in [7, 11) is 5.49. The number of nitrogens with zero attached hydrogens (tertiary/aromatic N) is 2. The number of aliphatic hydroxyl groups excluding tert-OH is 1. The molecule has 1 amide bonds. The molecule has 0 spiro atoms. The molecule has 1 N–H and O–H groups in total. The number of hydrogen-bond acceptors (Lipinski definition) is 3. The summed E-state index contributed by atoms with van der Waals surface area (Å²) in [4.78, 5) is 14.9. The van der Waals surface area contributed by atoms with Crippen LogP contribution in [0.5, 0.6) is 0 Å². The van der Waals surface area contributed by atoms with Crippen LogP contribution in [0.4, 0.5) is 0 Å². The molecule has 1 unspecified atom stereocenters. The average molecular weight is 202 g/mol. The van der Waals surface area contributed by atoms with Crippen LogP contribution in [0.2, 0.25) is 0 Å². The number of hydrogen-bond donors (Lipinski definition) is 1. The van der Waals surface area contributed by atoms with Gasteiger partial charge >= 0.3 is 0 Å². The SMILES string of the molecule is CC(O)CCN(C)CCC(=O)N(C)C. The molecular formula is C10H22N2O2. The third-order valence-electron chi connectivity index (χ3n) is 2.13. The van der Waals surface area contributed by atoms with Gasteiger partial charge in [-0.1, -0.05) is 0 Å². The first-order chi connectivity index (χ1) is 6.43. The van der Waals surface area contributed by atoms with E-state index < -0.39 is 0 Å². The second kappa shape index (κ2) is 6.79. The maximum Gasteiger partial charge on any atom is 0.223 e. The highest BCUT2D eigenvalue weighted by Gasteiger charge is 2.06. The minimum Gasteiger partial charge on any atom is -0.393 e. The highest BCUT2D eigenvalue weighted by Crippen LogP contribution is 1.96. The Kier molecular flexibility index (Phi) is 6.49. The summed E-state index contributed by atoms with van der Waals surface area (Å²) in [5.41, 5.74) is 0. The van der Waals surface area contributed by atoms with Crippen LogP contribution in [0, 0.1) is 0 Å². The first-order valence-electron chi connectivity index (χ1n) is 5.00. The molecule has 0 fully saturated rings. The van der Waals surface area contributed by atoms with Crippen molar-refractivity contribution in [1.29, 1.82) is 0 Å². The van der Waals surface area contributed by atoms with E-state index in [0.717, 1.165) is 19.5 Å². The summed E-state index contributed by atoms with van der Waals surface area (Å²) in [6, 6.07) is 0. The van der Waals surface area contributed by atoms with E-state index in [2.05, 4.69) is 4.90 Å². The second-order valence-electron chi connectivity index (χ2n) is 3.98. The first kappa shape index (κ1) is 13.4. The third-order valence-corrected chi connectivity index (χ3v) is 2.13. The van der Waals surface area contributed by atoms with E-state index in [1.807, 2.05) is 7.05 Å². The third kappa shape index (κ3) is 6.86. The minimum atomic E-state index is -0.262. The van der Waals surface area contributed by atoms with Gasteiger partial charge in [-0.05, 0) is 20.4 Å². The van der Waals surface area contributed by atoms with Crippen molar-refractivity contribution in [3.8, 4) is 0 Å². The molecule has 4 heteroatoms. The van der Waals surface area contributed by atoms with Gasteiger partial charge < -0.3 is 14.9 Å². The van der Waals surface area contributed by atoms with Crippen molar-refractivity contribution in [2.45, 2.75) is 25.9 Å². The Labute approximate surface area is 86.5 Å². The van der Waals surface area contributed by atoms with E-state index in [-0.39, 0.29) is 12.0 Å². The molecular weight excluding hydrogens is 180 g/mol. The Balaban J connectivity index is 3.53. The Morgan fingerprint density at radius 1 is 1.29 bits per heavy atom. The highest BCUT2D eigenvalue weighted by atomic mass is 16.3. The lowest BCUT2D eigenvalue weighted by molar-refractivity contribution is -0.128. The summed E-state index contributed by atoms with van der Waals surface area (Å²) in [5, 5.41) is 9.07. The van der Waals surface area contributed by atoms with E-state index in [0.29, 0.717) is 6.42 Å². The molecule has 14 heavy (non-hydrogen) atoms. The van der Waals surface area contributed by atoms with Gasteiger partial charge in [-0.3, -0.25) is 4.79 Å². The van der Waals surface area contributed by atoms with Crippen LogP contribution in [0.3, 0.4) is 0 Å². The monoisotopic (exact) mass is 202 g/mol. The standard InChI is InChI=1S/C10H22N2O2/c1-9(13)5-7-12(4)8-6-10(14)11(2)3/h9,13H,5-8H2,1-4H3. The molecule has 0 radical (unpaired) electrons. The molecule has 0 bridgehead atoms. The molecule has 84 valence electrons. The number of rotatable bonds is 6. The molecule has 1 atom stereocenters. The molecule has 0 aromatic rings. The molecule has 0 aromatic carbocycles. The van der Waals surface area contributed by atoms with E-state index in [9.17, 15) is 4.79 Å². The summed E-state index contributed by atoms with van der Waals surface area (Å²) in [5.74, 6) is 0.147. The predicted molar refractivity (Wildman–Crippen MR) is 57.1 cm³/mol. The van der Waals surface area contributed by atoms with Gasteiger partial charge in [0.25, 0.3) is 0 Å². The van der Waals surface area contributed by atoms with Gasteiger partial charge in [-0.15, -0.1) is 0 Å². The zero-order chi connectivity index (χ0) is 11.1. The van der Waals surface area contributed by atoms with Gasteiger partial charge in [0.15, 0.2) is 0 Å².